The highest BCUT2D eigenvalue weighted by atomic mass is 32.1. The summed E-state index contributed by atoms with van der Waals surface area (Å²) in [5.41, 5.74) is 0.708. The van der Waals surface area contributed by atoms with E-state index in [0.717, 1.165) is 11.3 Å². The van der Waals surface area contributed by atoms with Gasteiger partial charge in [0, 0.05) is 11.1 Å². The zero-order chi connectivity index (χ0) is 19.0. The van der Waals surface area contributed by atoms with E-state index in [0.29, 0.717) is 37.9 Å². The summed E-state index contributed by atoms with van der Waals surface area (Å²) >= 11 is 1.16. The number of hydrogen-bond donors (Lipinski definition) is 0. The van der Waals surface area contributed by atoms with Crippen molar-refractivity contribution >= 4 is 22.4 Å². The Kier molecular flexibility index (Phi) is 4.33. The number of benzene rings is 2. The molecular weight excluding hydrogens is 369 g/mol. The van der Waals surface area contributed by atoms with E-state index in [9.17, 15) is 9.18 Å². The van der Waals surface area contributed by atoms with Crippen LogP contribution in [0.3, 0.4) is 0 Å². The standard InChI is InChI=1S/C19H14FN3O3S/c1-25-14-8-7-12(9-15(14)26-2)17-21-19-23(22-17)18(24)16(27-19)10-11-5-3-4-6-13(11)20/h3-10H,1-2H3. The summed E-state index contributed by atoms with van der Waals surface area (Å²) in [5, 5.41) is 4.29. The van der Waals surface area contributed by atoms with Gasteiger partial charge in [0.15, 0.2) is 17.3 Å². The number of fused-ring (bicyclic) bond motifs is 1. The lowest BCUT2D eigenvalue weighted by molar-refractivity contribution is 0.355. The predicted octanol–water partition coefficient (Wildman–Crippen LogP) is 2.52. The molecule has 136 valence electrons. The minimum Gasteiger partial charge on any atom is -0.493 e. The van der Waals surface area contributed by atoms with Crippen molar-refractivity contribution in [3.63, 3.8) is 0 Å². The molecular formula is C19H14FN3O3S. The summed E-state index contributed by atoms with van der Waals surface area (Å²) in [4.78, 5) is 17.4. The normalized spacial score (nSPS) is 11.9. The molecule has 0 aliphatic carbocycles. The Labute approximate surface area is 157 Å². The summed E-state index contributed by atoms with van der Waals surface area (Å²) in [6, 6.07) is 11.6. The molecule has 27 heavy (non-hydrogen) atoms. The van der Waals surface area contributed by atoms with Gasteiger partial charge in [-0.05, 0) is 30.3 Å². The topological polar surface area (TPSA) is 65.7 Å². The van der Waals surface area contributed by atoms with Crippen LogP contribution in [0.15, 0.2) is 47.3 Å². The number of aromatic nitrogens is 3. The van der Waals surface area contributed by atoms with Crippen LogP contribution < -0.4 is 19.6 Å². The van der Waals surface area contributed by atoms with Crippen LogP contribution in [0.4, 0.5) is 4.39 Å². The van der Waals surface area contributed by atoms with Crippen molar-refractivity contribution in [3.8, 4) is 22.9 Å². The Morgan fingerprint density at radius 2 is 1.89 bits per heavy atom. The van der Waals surface area contributed by atoms with Gasteiger partial charge in [-0.1, -0.05) is 29.5 Å². The summed E-state index contributed by atoms with van der Waals surface area (Å²) in [5.74, 6) is 1.15. The van der Waals surface area contributed by atoms with Gasteiger partial charge in [0.25, 0.3) is 5.56 Å². The third-order valence-corrected chi connectivity index (χ3v) is 4.97. The first kappa shape index (κ1) is 17.2. The summed E-state index contributed by atoms with van der Waals surface area (Å²) in [6.45, 7) is 0. The lowest BCUT2D eigenvalue weighted by Gasteiger charge is -2.07. The molecule has 4 aromatic rings. The minimum atomic E-state index is -0.387. The van der Waals surface area contributed by atoms with E-state index < -0.39 is 0 Å². The first-order valence-corrected chi connectivity index (χ1v) is 8.80. The quantitative estimate of drug-likeness (QED) is 0.542. The van der Waals surface area contributed by atoms with Gasteiger partial charge >= 0.3 is 0 Å². The van der Waals surface area contributed by atoms with Crippen LogP contribution in [0.1, 0.15) is 5.56 Å². The number of hydrogen-bond acceptors (Lipinski definition) is 6. The van der Waals surface area contributed by atoms with Crippen LogP contribution in [-0.2, 0) is 0 Å². The highest BCUT2D eigenvalue weighted by Crippen LogP contribution is 2.31. The number of rotatable bonds is 4. The Morgan fingerprint density at radius 3 is 2.59 bits per heavy atom. The van der Waals surface area contributed by atoms with Crippen molar-refractivity contribution in [2.24, 2.45) is 0 Å². The molecule has 0 N–H and O–H groups in total. The molecule has 0 fully saturated rings. The van der Waals surface area contributed by atoms with Crippen LogP contribution in [-0.4, -0.2) is 28.8 Å². The van der Waals surface area contributed by atoms with Gasteiger partial charge < -0.3 is 9.47 Å². The van der Waals surface area contributed by atoms with E-state index in [-0.39, 0.29) is 11.4 Å². The molecule has 8 heteroatoms. The Hall–Kier alpha value is -3.26. The van der Waals surface area contributed by atoms with Gasteiger partial charge in [0.05, 0.1) is 18.8 Å². The molecule has 4 rings (SSSR count). The number of ether oxygens (including phenoxy) is 2. The number of thiazole rings is 1. The Bertz CT molecular complexity index is 1250. The molecule has 0 aliphatic rings. The third-order valence-electron chi connectivity index (χ3n) is 4.02. The largest absolute Gasteiger partial charge is 0.493 e. The molecule has 0 saturated carbocycles. The summed E-state index contributed by atoms with van der Waals surface area (Å²) in [7, 11) is 3.10. The van der Waals surface area contributed by atoms with E-state index in [1.165, 1.54) is 16.7 Å². The molecule has 2 aromatic carbocycles. The maximum atomic E-state index is 13.8. The maximum absolute atomic E-state index is 13.8. The number of methoxy groups -OCH3 is 2. The van der Waals surface area contributed by atoms with Crippen LogP contribution >= 0.6 is 11.3 Å². The molecule has 0 unspecified atom stereocenters. The monoisotopic (exact) mass is 383 g/mol. The fourth-order valence-corrected chi connectivity index (χ4v) is 3.56. The van der Waals surface area contributed by atoms with Gasteiger partial charge in [-0.25, -0.2) is 4.39 Å². The highest BCUT2D eigenvalue weighted by molar-refractivity contribution is 7.15. The first-order valence-electron chi connectivity index (χ1n) is 7.99. The molecule has 0 aliphatic heterocycles. The number of halogens is 1. The lowest BCUT2D eigenvalue weighted by atomic mass is 10.2. The second-order valence-electron chi connectivity index (χ2n) is 5.64. The SMILES string of the molecule is COc1ccc(-c2nc3sc(=Cc4ccccc4F)c(=O)n3n2)cc1OC. The zero-order valence-electron chi connectivity index (χ0n) is 14.5. The Balaban J connectivity index is 1.80. The molecule has 6 nitrogen and oxygen atoms in total. The molecule has 2 aromatic heterocycles. The average Bonchev–Trinajstić information content (AvgIpc) is 3.23. The smallest absolute Gasteiger partial charge is 0.291 e. The van der Waals surface area contributed by atoms with Gasteiger partial charge in [0.2, 0.25) is 4.96 Å². The van der Waals surface area contributed by atoms with Crippen molar-refractivity contribution in [3.05, 3.63) is 68.7 Å². The molecule has 0 radical (unpaired) electrons. The van der Waals surface area contributed by atoms with Gasteiger partial charge in [-0.2, -0.15) is 9.50 Å². The van der Waals surface area contributed by atoms with Crippen LogP contribution in [0, 0.1) is 5.82 Å². The van der Waals surface area contributed by atoms with E-state index >= 15 is 0 Å². The lowest BCUT2D eigenvalue weighted by Crippen LogP contribution is -2.23. The van der Waals surface area contributed by atoms with E-state index in [1.54, 1.807) is 50.6 Å². The van der Waals surface area contributed by atoms with Crippen LogP contribution in [0.5, 0.6) is 11.5 Å². The molecule has 0 bridgehead atoms. The van der Waals surface area contributed by atoms with E-state index in [1.807, 2.05) is 0 Å². The van der Waals surface area contributed by atoms with Gasteiger partial charge in [0.1, 0.15) is 5.82 Å². The number of nitrogens with zero attached hydrogens (tertiary/aromatic N) is 3. The molecule has 0 saturated heterocycles. The summed E-state index contributed by atoms with van der Waals surface area (Å²) < 4.78 is 25.9. The maximum Gasteiger partial charge on any atom is 0.291 e. The van der Waals surface area contributed by atoms with Crippen molar-refractivity contribution < 1.29 is 13.9 Å². The zero-order valence-corrected chi connectivity index (χ0v) is 15.3. The Morgan fingerprint density at radius 1 is 1.11 bits per heavy atom. The van der Waals surface area contributed by atoms with Crippen LogP contribution in [0.2, 0.25) is 0 Å². The van der Waals surface area contributed by atoms with Crippen molar-refractivity contribution in [2.45, 2.75) is 0 Å². The third kappa shape index (κ3) is 3.04. The molecule has 0 spiro atoms. The van der Waals surface area contributed by atoms with Gasteiger partial charge in [-0.15, -0.1) is 5.10 Å². The van der Waals surface area contributed by atoms with Gasteiger partial charge in [-0.3, -0.25) is 4.79 Å². The van der Waals surface area contributed by atoms with Crippen molar-refractivity contribution in [2.75, 3.05) is 14.2 Å². The highest BCUT2D eigenvalue weighted by Gasteiger charge is 2.14. The average molecular weight is 383 g/mol. The molecule has 0 atom stereocenters. The van der Waals surface area contributed by atoms with Crippen molar-refractivity contribution in [1.82, 2.24) is 14.6 Å². The first-order chi connectivity index (χ1) is 13.1. The van der Waals surface area contributed by atoms with E-state index in [2.05, 4.69) is 10.1 Å². The van der Waals surface area contributed by atoms with Crippen LogP contribution in [0.25, 0.3) is 22.4 Å². The van der Waals surface area contributed by atoms with E-state index in [4.69, 9.17) is 9.47 Å². The second kappa shape index (κ2) is 6.81. The summed E-state index contributed by atoms with van der Waals surface area (Å²) in [6.07, 6.45) is 1.51. The van der Waals surface area contributed by atoms with Crippen molar-refractivity contribution in [1.29, 1.82) is 0 Å². The minimum absolute atomic E-state index is 0.336. The fraction of sp³-hybridized carbons (Fsp3) is 0.105. The molecule has 2 heterocycles. The molecule has 0 amide bonds. The second-order valence-corrected chi connectivity index (χ2v) is 6.65. The fourth-order valence-electron chi connectivity index (χ4n) is 2.66. The predicted molar refractivity (Wildman–Crippen MR) is 101 cm³/mol.